The van der Waals surface area contributed by atoms with Crippen molar-refractivity contribution in [2.24, 2.45) is 0 Å². The molecule has 0 saturated carbocycles. The number of aliphatic hydroxyl groups excluding tert-OH is 3. The van der Waals surface area contributed by atoms with Crippen LogP contribution in [0.3, 0.4) is 0 Å². The molecule has 0 bridgehead atoms. The number of hydrogen-bond acceptors (Lipinski definition) is 7. The van der Waals surface area contributed by atoms with Crippen LogP contribution < -0.4 is 0 Å². The summed E-state index contributed by atoms with van der Waals surface area (Å²) in [7, 11) is 0. The molecule has 3 N–H and O–H groups in total. The molecule has 0 amide bonds. The lowest BCUT2D eigenvalue weighted by Gasteiger charge is -2.16. The van der Waals surface area contributed by atoms with Gasteiger partial charge in [-0.15, -0.1) is 0 Å². The minimum absolute atomic E-state index is 0.190. The average Bonchev–Trinajstić information content (AvgIpc) is 2.94. The number of nitrogens with zero attached hydrogens (tertiary/aromatic N) is 4. The Labute approximate surface area is 112 Å². The van der Waals surface area contributed by atoms with Crippen LogP contribution in [0.4, 0.5) is 0 Å². The molecule has 0 spiro atoms. The van der Waals surface area contributed by atoms with Crippen LogP contribution in [0, 0.1) is 0 Å². The van der Waals surface area contributed by atoms with Gasteiger partial charge in [-0.1, -0.05) is 11.6 Å². The Hall–Kier alpha value is -1.32. The molecule has 0 unspecified atom stereocenters. The van der Waals surface area contributed by atoms with Crippen LogP contribution >= 0.6 is 11.6 Å². The maximum atomic E-state index is 9.95. The molecule has 1 saturated heterocycles. The number of aliphatic hydroxyl groups is 3. The summed E-state index contributed by atoms with van der Waals surface area (Å²) in [5.74, 6) is 0. The standard InChI is InChI=1S/C10H11ClN4O4/c11-8-5-9(13-2-12-8)15(3-14-5)10-7(18)6(17)4(1-16)19-10/h2-4,6-7,10,16-18H,1H2/t4-,6-,7+,10-/m1/s1. The molecule has 4 atom stereocenters. The number of halogens is 1. The van der Waals surface area contributed by atoms with E-state index in [9.17, 15) is 10.2 Å². The molecule has 2 aromatic heterocycles. The van der Waals surface area contributed by atoms with Crippen molar-refractivity contribution in [3.8, 4) is 0 Å². The molecular formula is C10H11ClN4O4. The monoisotopic (exact) mass is 286 g/mol. The van der Waals surface area contributed by atoms with Gasteiger partial charge in [0.15, 0.2) is 17.0 Å². The van der Waals surface area contributed by atoms with Crippen LogP contribution in [-0.2, 0) is 4.74 Å². The largest absolute Gasteiger partial charge is 0.394 e. The lowest BCUT2D eigenvalue weighted by molar-refractivity contribution is -0.0511. The highest BCUT2D eigenvalue weighted by atomic mass is 35.5. The normalized spacial score (nSPS) is 31.2. The number of aromatic nitrogens is 4. The van der Waals surface area contributed by atoms with Crippen molar-refractivity contribution >= 4 is 22.8 Å². The van der Waals surface area contributed by atoms with Crippen molar-refractivity contribution in [2.45, 2.75) is 24.5 Å². The van der Waals surface area contributed by atoms with Crippen molar-refractivity contribution in [1.82, 2.24) is 19.5 Å². The van der Waals surface area contributed by atoms with Crippen LogP contribution in [0.15, 0.2) is 12.7 Å². The fourth-order valence-electron chi connectivity index (χ4n) is 2.12. The first kappa shape index (κ1) is 12.7. The maximum Gasteiger partial charge on any atom is 0.167 e. The van der Waals surface area contributed by atoms with Gasteiger partial charge in [0.25, 0.3) is 0 Å². The number of ether oxygens (including phenoxy) is 1. The van der Waals surface area contributed by atoms with Crippen LogP contribution in [0.2, 0.25) is 5.15 Å². The molecule has 3 heterocycles. The third-order valence-electron chi connectivity index (χ3n) is 3.11. The Kier molecular flexibility index (Phi) is 3.11. The summed E-state index contributed by atoms with van der Waals surface area (Å²) in [6.45, 7) is -0.392. The van der Waals surface area contributed by atoms with E-state index < -0.39 is 31.1 Å². The fourth-order valence-corrected chi connectivity index (χ4v) is 2.30. The summed E-state index contributed by atoms with van der Waals surface area (Å²) < 4.78 is 6.85. The molecule has 0 aromatic carbocycles. The zero-order valence-corrected chi connectivity index (χ0v) is 10.3. The van der Waals surface area contributed by atoms with Crippen molar-refractivity contribution in [1.29, 1.82) is 0 Å². The molecule has 3 rings (SSSR count). The van der Waals surface area contributed by atoms with Crippen molar-refractivity contribution in [2.75, 3.05) is 6.61 Å². The zero-order valence-electron chi connectivity index (χ0n) is 9.59. The molecule has 9 heteroatoms. The molecule has 1 fully saturated rings. The third kappa shape index (κ3) is 1.88. The predicted octanol–water partition coefficient (Wildman–Crippen LogP) is -0.909. The van der Waals surface area contributed by atoms with Gasteiger partial charge in [-0.3, -0.25) is 4.57 Å². The van der Waals surface area contributed by atoms with Crippen molar-refractivity contribution in [3.63, 3.8) is 0 Å². The molecular weight excluding hydrogens is 276 g/mol. The number of rotatable bonds is 2. The van der Waals surface area contributed by atoms with Crippen LogP contribution in [0.5, 0.6) is 0 Å². The van der Waals surface area contributed by atoms with E-state index in [0.717, 1.165) is 0 Å². The Balaban J connectivity index is 2.04. The van der Waals surface area contributed by atoms with E-state index in [0.29, 0.717) is 11.2 Å². The van der Waals surface area contributed by atoms with Crippen LogP contribution in [-0.4, -0.2) is 59.8 Å². The predicted molar refractivity (Wildman–Crippen MR) is 63.3 cm³/mol. The lowest BCUT2D eigenvalue weighted by atomic mass is 10.1. The second kappa shape index (κ2) is 4.66. The number of hydrogen-bond donors (Lipinski definition) is 3. The minimum Gasteiger partial charge on any atom is -0.394 e. The van der Waals surface area contributed by atoms with Crippen LogP contribution in [0.1, 0.15) is 6.23 Å². The van der Waals surface area contributed by atoms with Gasteiger partial charge in [0.05, 0.1) is 12.9 Å². The lowest BCUT2D eigenvalue weighted by Crippen LogP contribution is -2.33. The smallest absolute Gasteiger partial charge is 0.167 e. The molecule has 1 aliphatic heterocycles. The SMILES string of the molecule is OC[C@H]1O[C@@H](n2cnc3c(Cl)ncnc32)[C@@H](O)[C@@H]1O. The van der Waals surface area contributed by atoms with E-state index in [-0.39, 0.29) is 5.15 Å². The summed E-state index contributed by atoms with van der Waals surface area (Å²) >= 11 is 5.88. The Morgan fingerprint density at radius 2 is 2.05 bits per heavy atom. The highest BCUT2D eigenvalue weighted by Gasteiger charge is 2.43. The number of fused-ring (bicyclic) bond motifs is 1. The van der Waals surface area contributed by atoms with Gasteiger partial charge >= 0.3 is 0 Å². The fraction of sp³-hybridized carbons (Fsp3) is 0.500. The first-order valence-electron chi connectivity index (χ1n) is 5.59. The first-order valence-corrected chi connectivity index (χ1v) is 5.96. The first-order chi connectivity index (χ1) is 9.13. The molecule has 8 nitrogen and oxygen atoms in total. The third-order valence-corrected chi connectivity index (χ3v) is 3.38. The highest BCUT2D eigenvalue weighted by molar-refractivity contribution is 6.33. The second-order valence-electron chi connectivity index (χ2n) is 4.22. The van der Waals surface area contributed by atoms with Crippen molar-refractivity contribution < 1.29 is 20.1 Å². The topological polar surface area (TPSA) is 114 Å². The van der Waals surface area contributed by atoms with E-state index in [1.165, 1.54) is 17.2 Å². The minimum atomic E-state index is -1.19. The Morgan fingerprint density at radius 3 is 2.74 bits per heavy atom. The average molecular weight is 287 g/mol. The Morgan fingerprint density at radius 1 is 1.26 bits per heavy atom. The van der Waals surface area contributed by atoms with E-state index >= 15 is 0 Å². The molecule has 102 valence electrons. The van der Waals surface area contributed by atoms with E-state index in [1.54, 1.807) is 0 Å². The molecule has 19 heavy (non-hydrogen) atoms. The second-order valence-corrected chi connectivity index (χ2v) is 4.58. The highest BCUT2D eigenvalue weighted by Crippen LogP contribution is 2.31. The van der Waals surface area contributed by atoms with Gasteiger partial charge in [0.2, 0.25) is 0 Å². The van der Waals surface area contributed by atoms with E-state index in [2.05, 4.69) is 15.0 Å². The summed E-state index contributed by atoms with van der Waals surface area (Å²) in [5.41, 5.74) is 0.761. The Bertz CT molecular complexity index is 606. The molecule has 0 aliphatic carbocycles. The van der Waals surface area contributed by atoms with Gasteiger partial charge < -0.3 is 20.1 Å². The van der Waals surface area contributed by atoms with Gasteiger partial charge in [-0.2, -0.15) is 0 Å². The van der Waals surface area contributed by atoms with Crippen LogP contribution in [0.25, 0.3) is 11.2 Å². The molecule has 1 aliphatic rings. The van der Waals surface area contributed by atoms with Gasteiger partial charge in [-0.25, -0.2) is 15.0 Å². The summed E-state index contributed by atoms with van der Waals surface area (Å²) in [4.78, 5) is 11.9. The quantitative estimate of drug-likeness (QED) is 0.613. The summed E-state index contributed by atoms with van der Waals surface area (Å²) in [5, 5.41) is 28.9. The number of imidazole rings is 1. The van der Waals surface area contributed by atoms with Gasteiger partial charge in [0, 0.05) is 0 Å². The van der Waals surface area contributed by atoms with Crippen molar-refractivity contribution in [3.05, 3.63) is 17.8 Å². The van der Waals surface area contributed by atoms with Gasteiger partial charge in [-0.05, 0) is 0 Å². The van der Waals surface area contributed by atoms with E-state index in [4.69, 9.17) is 21.4 Å². The zero-order chi connectivity index (χ0) is 13.6. The van der Waals surface area contributed by atoms with Gasteiger partial charge in [0.1, 0.15) is 30.2 Å². The molecule has 0 radical (unpaired) electrons. The summed E-state index contributed by atoms with van der Waals surface area (Å²) in [6.07, 6.45) is -1.44. The maximum absolute atomic E-state index is 9.95. The van der Waals surface area contributed by atoms with E-state index in [1.807, 2.05) is 0 Å². The molecule has 2 aromatic rings. The summed E-state index contributed by atoms with van der Waals surface area (Å²) in [6, 6.07) is 0.